The van der Waals surface area contributed by atoms with Crippen LogP contribution < -0.4 is 0 Å². The maximum atomic E-state index is 12.8. The van der Waals surface area contributed by atoms with Crippen LogP contribution in [0.3, 0.4) is 0 Å². The van der Waals surface area contributed by atoms with Crippen LogP contribution in [-0.4, -0.2) is 98.7 Å². The van der Waals surface area contributed by atoms with Gasteiger partial charge in [-0.3, -0.25) is 4.90 Å². The van der Waals surface area contributed by atoms with Crippen molar-refractivity contribution in [3.05, 3.63) is 0 Å². The summed E-state index contributed by atoms with van der Waals surface area (Å²) in [5.74, 6) is 1.06. The molecule has 130 valence electrons. The number of piperazine rings is 1. The first-order valence-electron chi connectivity index (χ1n) is 8.61. The van der Waals surface area contributed by atoms with Gasteiger partial charge in [-0.1, -0.05) is 0 Å². The van der Waals surface area contributed by atoms with Gasteiger partial charge >= 0.3 is 6.03 Å². The van der Waals surface area contributed by atoms with Gasteiger partial charge in [-0.15, -0.1) is 0 Å². The van der Waals surface area contributed by atoms with E-state index in [0.717, 1.165) is 19.0 Å². The standard InChI is InChI=1S/C15H25N3O4S/c19-15(16-5-7-22-8-6-16)18-4-3-17(9-12-1-2-12)13-10-23(20,21)11-14(13)18/h12-14H,1-11H2. The van der Waals surface area contributed by atoms with Gasteiger partial charge in [0.1, 0.15) is 0 Å². The van der Waals surface area contributed by atoms with Crippen LogP contribution in [0.5, 0.6) is 0 Å². The summed E-state index contributed by atoms with van der Waals surface area (Å²) >= 11 is 0. The number of fused-ring (bicyclic) bond motifs is 1. The highest BCUT2D eigenvalue weighted by atomic mass is 32.2. The Balaban J connectivity index is 1.51. The Kier molecular flexibility index (Phi) is 4.01. The zero-order valence-electron chi connectivity index (χ0n) is 13.4. The van der Waals surface area contributed by atoms with E-state index in [1.54, 1.807) is 0 Å². The highest BCUT2D eigenvalue weighted by Crippen LogP contribution is 2.34. The minimum Gasteiger partial charge on any atom is -0.378 e. The number of rotatable bonds is 2. The predicted octanol–water partition coefficient (Wildman–Crippen LogP) is -0.368. The molecule has 3 aliphatic heterocycles. The fourth-order valence-electron chi connectivity index (χ4n) is 4.06. The second-order valence-corrected chi connectivity index (χ2v) is 9.38. The number of sulfone groups is 1. The number of amides is 2. The van der Waals surface area contributed by atoms with E-state index in [-0.39, 0.29) is 29.6 Å². The van der Waals surface area contributed by atoms with E-state index in [1.165, 1.54) is 12.8 Å². The maximum Gasteiger partial charge on any atom is 0.320 e. The SMILES string of the molecule is O=C(N1CCOCC1)N1CCN(CC2CC2)C2CS(=O)(=O)CC21. The number of hydrogen-bond acceptors (Lipinski definition) is 5. The summed E-state index contributed by atoms with van der Waals surface area (Å²) < 4.78 is 29.7. The molecule has 0 bridgehead atoms. The predicted molar refractivity (Wildman–Crippen MR) is 85.0 cm³/mol. The van der Waals surface area contributed by atoms with Gasteiger partial charge in [0.2, 0.25) is 0 Å². The van der Waals surface area contributed by atoms with Crippen molar-refractivity contribution in [2.75, 3.05) is 57.4 Å². The zero-order valence-corrected chi connectivity index (χ0v) is 14.2. The van der Waals surface area contributed by atoms with E-state index in [9.17, 15) is 13.2 Å². The van der Waals surface area contributed by atoms with Crippen LogP contribution in [0.15, 0.2) is 0 Å². The van der Waals surface area contributed by atoms with Crippen LogP contribution in [0.2, 0.25) is 0 Å². The first-order chi connectivity index (χ1) is 11.0. The lowest BCUT2D eigenvalue weighted by Gasteiger charge is -2.45. The molecule has 7 nitrogen and oxygen atoms in total. The third kappa shape index (κ3) is 3.21. The summed E-state index contributed by atoms with van der Waals surface area (Å²) in [4.78, 5) is 18.8. The van der Waals surface area contributed by atoms with E-state index in [4.69, 9.17) is 4.74 Å². The molecule has 4 fully saturated rings. The molecule has 4 rings (SSSR count). The molecule has 0 spiro atoms. The highest BCUT2D eigenvalue weighted by Gasteiger charge is 2.49. The molecule has 1 saturated carbocycles. The Morgan fingerprint density at radius 1 is 1.00 bits per heavy atom. The van der Waals surface area contributed by atoms with Crippen molar-refractivity contribution in [3.63, 3.8) is 0 Å². The maximum absolute atomic E-state index is 12.8. The Labute approximate surface area is 137 Å². The largest absolute Gasteiger partial charge is 0.378 e. The third-order valence-electron chi connectivity index (χ3n) is 5.51. The molecule has 3 heterocycles. The summed E-state index contributed by atoms with van der Waals surface area (Å²) in [7, 11) is -3.05. The molecule has 23 heavy (non-hydrogen) atoms. The van der Waals surface area contributed by atoms with Crippen LogP contribution in [0.25, 0.3) is 0 Å². The first-order valence-corrected chi connectivity index (χ1v) is 10.4. The van der Waals surface area contributed by atoms with Gasteiger partial charge in [-0.25, -0.2) is 13.2 Å². The zero-order chi connectivity index (χ0) is 16.0. The van der Waals surface area contributed by atoms with E-state index in [2.05, 4.69) is 4.90 Å². The highest BCUT2D eigenvalue weighted by molar-refractivity contribution is 7.91. The molecular formula is C15H25N3O4S. The summed E-state index contributed by atoms with van der Waals surface area (Å²) in [6, 6.07) is -0.200. The molecule has 0 aromatic heterocycles. The second-order valence-electron chi connectivity index (χ2n) is 7.23. The Bertz CT molecular complexity index is 571. The molecule has 4 aliphatic rings. The molecular weight excluding hydrogens is 318 g/mol. The molecule has 0 aromatic carbocycles. The van der Waals surface area contributed by atoms with Crippen molar-refractivity contribution in [1.29, 1.82) is 0 Å². The van der Waals surface area contributed by atoms with Gasteiger partial charge in [-0.05, 0) is 18.8 Å². The molecule has 1 aliphatic carbocycles. The average molecular weight is 343 g/mol. The number of morpholine rings is 1. The summed E-state index contributed by atoms with van der Waals surface area (Å²) in [5.41, 5.74) is 0. The number of hydrogen-bond donors (Lipinski definition) is 0. The van der Waals surface area contributed by atoms with Crippen LogP contribution in [0, 0.1) is 5.92 Å². The lowest BCUT2D eigenvalue weighted by atomic mass is 10.0. The summed E-state index contributed by atoms with van der Waals surface area (Å²) in [6.45, 7) is 4.77. The molecule has 3 saturated heterocycles. The minimum absolute atomic E-state index is 0.00790. The number of nitrogens with zero attached hydrogens (tertiary/aromatic N) is 3. The van der Waals surface area contributed by atoms with E-state index in [0.29, 0.717) is 32.8 Å². The lowest BCUT2D eigenvalue weighted by molar-refractivity contribution is 0.0185. The fourth-order valence-corrected chi connectivity index (χ4v) is 6.07. The molecule has 8 heteroatoms. The fraction of sp³-hybridized carbons (Fsp3) is 0.933. The molecule has 0 aromatic rings. The Morgan fingerprint density at radius 2 is 1.70 bits per heavy atom. The summed E-state index contributed by atoms with van der Waals surface area (Å²) in [5, 5.41) is 0. The molecule has 0 N–H and O–H groups in total. The van der Waals surface area contributed by atoms with Crippen LogP contribution in [-0.2, 0) is 14.6 Å². The van der Waals surface area contributed by atoms with E-state index < -0.39 is 9.84 Å². The van der Waals surface area contributed by atoms with E-state index >= 15 is 0 Å². The number of urea groups is 1. The third-order valence-corrected chi connectivity index (χ3v) is 7.21. The van der Waals surface area contributed by atoms with Crippen molar-refractivity contribution in [2.45, 2.75) is 24.9 Å². The molecule has 0 radical (unpaired) electrons. The second kappa shape index (κ2) is 5.89. The number of ether oxygens (including phenoxy) is 1. The molecule has 2 atom stereocenters. The normalized spacial score (nSPS) is 34.4. The summed E-state index contributed by atoms with van der Waals surface area (Å²) in [6.07, 6.45) is 2.52. The topological polar surface area (TPSA) is 70.2 Å². The Hall–Kier alpha value is -0.860. The van der Waals surface area contributed by atoms with Crippen molar-refractivity contribution >= 4 is 15.9 Å². The van der Waals surface area contributed by atoms with Crippen molar-refractivity contribution < 1.29 is 17.9 Å². The molecule has 2 amide bonds. The van der Waals surface area contributed by atoms with Crippen LogP contribution in [0.1, 0.15) is 12.8 Å². The van der Waals surface area contributed by atoms with Crippen LogP contribution in [0.4, 0.5) is 4.79 Å². The van der Waals surface area contributed by atoms with Crippen molar-refractivity contribution in [3.8, 4) is 0 Å². The molecule has 2 unspecified atom stereocenters. The van der Waals surface area contributed by atoms with Gasteiger partial charge in [0.15, 0.2) is 9.84 Å². The number of carbonyl (C=O) groups is 1. The lowest BCUT2D eigenvalue weighted by Crippen LogP contribution is -2.63. The van der Waals surface area contributed by atoms with Gasteiger partial charge < -0.3 is 14.5 Å². The van der Waals surface area contributed by atoms with Crippen molar-refractivity contribution in [1.82, 2.24) is 14.7 Å². The minimum atomic E-state index is -3.05. The Morgan fingerprint density at radius 3 is 2.39 bits per heavy atom. The average Bonchev–Trinajstić information content (AvgIpc) is 3.28. The number of carbonyl (C=O) groups excluding carboxylic acids is 1. The monoisotopic (exact) mass is 343 g/mol. The van der Waals surface area contributed by atoms with Crippen LogP contribution >= 0.6 is 0 Å². The van der Waals surface area contributed by atoms with Crippen molar-refractivity contribution in [2.24, 2.45) is 5.92 Å². The van der Waals surface area contributed by atoms with Gasteiger partial charge in [0.05, 0.1) is 30.8 Å². The van der Waals surface area contributed by atoms with E-state index in [1.807, 2.05) is 9.80 Å². The quantitative estimate of drug-likeness (QED) is 0.684. The smallest absolute Gasteiger partial charge is 0.320 e. The van der Waals surface area contributed by atoms with Gasteiger partial charge in [0.25, 0.3) is 0 Å². The van der Waals surface area contributed by atoms with Gasteiger partial charge in [0, 0.05) is 38.8 Å². The first kappa shape index (κ1) is 15.7. The van der Waals surface area contributed by atoms with Gasteiger partial charge in [-0.2, -0.15) is 0 Å².